The van der Waals surface area contributed by atoms with Crippen molar-refractivity contribution in [2.45, 2.75) is 19.7 Å². The third-order valence-corrected chi connectivity index (χ3v) is 7.15. The lowest BCUT2D eigenvalue weighted by atomic mass is 10.1. The maximum absolute atomic E-state index is 13.1. The standard InChI is InChI=1S/C28H22BrF3N2O5S/c1-16-3-5-17(6-4-16)15-39-22-10-8-20(29)11-18(22)12-24-26(36)34(27(37)40-24)14-25(35)33-21-13-19(28(30,31)32)7-9-23(21)38-2/h3-13H,14-15H2,1-2H3,(H,33,35)/b24-12-. The molecule has 208 valence electrons. The zero-order chi connectivity index (χ0) is 29.0. The molecule has 0 unspecified atom stereocenters. The summed E-state index contributed by atoms with van der Waals surface area (Å²) in [7, 11) is 1.24. The number of imide groups is 1. The van der Waals surface area contributed by atoms with E-state index in [0.29, 0.717) is 23.1 Å². The van der Waals surface area contributed by atoms with Gasteiger partial charge in [0.15, 0.2) is 0 Å². The second kappa shape index (κ2) is 12.2. The molecule has 0 atom stereocenters. The number of benzene rings is 3. The third kappa shape index (κ3) is 7.05. The SMILES string of the molecule is COc1ccc(C(F)(F)F)cc1NC(=O)CN1C(=O)S/C(=C\c2cc(Br)ccc2OCc2ccc(C)cc2)C1=O. The molecular formula is C28H22BrF3N2O5S. The number of ether oxygens (including phenoxy) is 2. The molecule has 7 nitrogen and oxygen atoms in total. The van der Waals surface area contributed by atoms with Gasteiger partial charge in [0.1, 0.15) is 24.7 Å². The number of nitrogens with zero attached hydrogens (tertiary/aromatic N) is 1. The van der Waals surface area contributed by atoms with Gasteiger partial charge in [-0.25, -0.2) is 0 Å². The molecule has 4 rings (SSSR count). The van der Waals surface area contributed by atoms with Crippen molar-refractivity contribution in [3.63, 3.8) is 0 Å². The van der Waals surface area contributed by atoms with Gasteiger partial charge in [-0.2, -0.15) is 13.2 Å². The Morgan fingerprint density at radius 2 is 1.75 bits per heavy atom. The molecule has 0 spiro atoms. The Balaban J connectivity index is 1.49. The molecule has 0 radical (unpaired) electrons. The Bertz CT molecular complexity index is 1490. The first-order valence-corrected chi connectivity index (χ1v) is 13.3. The Morgan fingerprint density at radius 1 is 1.05 bits per heavy atom. The number of thioether (sulfide) groups is 1. The first-order chi connectivity index (χ1) is 18.9. The smallest absolute Gasteiger partial charge is 0.416 e. The van der Waals surface area contributed by atoms with E-state index < -0.39 is 35.3 Å². The fourth-order valence-electron chi connectivity index (χ4n) is 3.70. The van der Waals surface area contributed by atoms with Gasteiger partial charge in [0.05, 0.1) is 23.3 Å². The van der Waals surface area contributed by atoms with Crippen LogP contribution in [0.15, 0.2) is 70.0 Å². The van der Waals surface area contributed by atoms with Crippen molar-refractivity contribution in [3.05, 3.63) is 92.3 Å². The van der Waals surface area contributed by atoms with Crippen molar-refractivity contribution in [1.29, 1.82) is 0 Å². The molecule has 3 amide bonds. The van der Waals surface area contributed by atoms with E-state index in [9.17, 15) is 27.6 Å². The normalized spacial score (nSPS) is 14.6. The van der Waals surface area contributed by atoms with Crippen LogP contribution in [0.1, 0.15) is 22.3 Å². The number of nitrogens with one attached hydrogen (secondary N) is 1. The summed E-state index contributed by atoms with van der Waals surface area (Å²) < 4.78 is 51.1. The monoisotopic (exact) mass is 634 g/mol. The summed E-state index contributed by atoms with van der Waals surface area (Å²) in [6, 6.07) is 15.7. The van der Waals surface area contributed by atoms with E-state index in [2.05, 4.69) is 21.2 Å². The summed E-state index contributed by atoms with van der Waals surface area (Å²) in [4.78, 5) is 39.1. The number of aryl methyl sites for hydroxylation is 1. The van der Waals surface area contributed by atoms with Gasteiger partial charge >= 0.3 is 6.18 Å². The minimum absolute atomic E-state index is 0.0109. The second-order valence-corrected chi connectivity index (χ2v) is 10.6. The van der Waals surface area contributed by atoms with Gasteiger partial charge in [-0.1, -0.05) is 45.8 Å². The highest BCUT2D eigenvalue weighted by atomic mass is 79.9. The van der Waals surface area contributed by atoms with E-state index in [1.807, 2.05) is 31.2 Å². The van der Waals surface area contributed by atoms with E-state index in [1.54, 1.807) is 18.2 Å². The van der Waals surface area contributed by atoms with E-state index in [-0.39, 0.29) is 22.9 Å². The maximum Gasteiger partial charge on any atom is 0.416 e. The minimum atomic E-state index is -4.64. The molecule has 1 fully saturated rings. The quantitative estimate of drug-likeness (QED) is 0.268. The largest absolute Gasteiger partial charge is 0.495 e. The Labute approximate surface area is 240 Å². The van der Waals surface area contributed by atoms with E-state index in [0.717, 1.165) is 38.7 Å². The van der Waals surface area contributed by atoms with Gasteiger partial charge in [-0.15, -0.1) is 0 Å². The number of carbonyl (C=O) groups excluding carboxylic acids is 3. The average Bonchev–Trinajstić information content (AvgIpc) is 3.15. The van der Waals surface area contributed by atoms with Crippen LogP contribution in [0.3, 0.4) is 0 Å². The molecular weight excluding hydrogens is 613 g/mol. The molecule has 12 heteroatoms. The van der Waals surface area contributed by atoms with Crippen LogP contribution in [-0.4, -0.2) is 35.6 Å². The first kappa shape index (κ1) is 29.2. The molecule has 1 aliphatic heterocycles. The lowest BCUT2D eigenvalue weighted by molar-refractivity contribution is -0.137. The molecule has 0 saturated carbocycles. The molecule has 0 bridgehead atoms. The number of hydrogen-bond donors (Lipinski definition) is 1. The number of amides is 3. The number of methoxy groups -OCH3 is 1. The van der Waals surface area contributed by atoms with Crippen LogP contribution >= 0.6 is 27.7 Å². The fraction of sp³-hybridized carbons (Fsp3) is 0.179. The number of halogens is 4. The van der Waals surface area contributed by atoms with E-state index in [1.165, 1.54) is 13.2 Å². The molecule has 3 aromatic carbocycles. The molecule has 0 aromatic heterocycles. The highest BCUT2D eigenvalue weighted by Gasteiger charge is 2.37. The molecule has 3 aromatic rings. The summed E-state index contributed by atoms with van der Waals surface area (Å²) in [6.45, 7) is 1.57. The molecule has 1 heterocycles. The molecule has 1 saturated heterocycles. The fourth-order valence-corrected chi connectivity index (χ4v) is 4.91. The number of rotatable bonds is 8. The van der Waals surface area contributed by atoms with Crippen LogP contribution in [-0.2, 0) is 22.4 Å². The van der Waals surface area contributed by atoms with Gasteiger partial charge in [0, 0.05) is 10.0 Å². The van der Waals surface area contributed by atoms with Gasteiger partial charge in [-0.05, 0) is 66.7 Å². The lowest BCUT2D eigenvalue weighted by Gasteiger charge is -2.16. The van der Waals surface area contributed by atoms with Crippen molar-refractivity contribution in [2.24, 2.45) is 0 Å². The van der Waals surface area contributed by atoms with Gasteiger partial charge in [0.25, 0.3) is 11.1 Å². The predicted octanol–water partition coefficient (Wildman–Crippen LogP) is 7.04. The van der Waals surface area contributed by atoms with Gasteiger partial charge < -0.3 is 14.8 Å². The van der Waals surface area contributed by atoms with Gasteiger partial charge in [-0.3, -0.25) is 19.3 Å². The topological polar surface area (TPSA) is 84.9 Å². The Kier molecular flexibility index (Phi) is 8.89. The van der Waals surface area contributed by atoms with Crippen LogP contribution in [0.2, 0.25) is 0 Å². The average molecular weight is 635 g/mol. The highest BCUT2D eigenvalue weighted by molar-refractivity contribution is 9.10. The zero-order valence-electron chi connectivity index (χ0n) is 21.2. The summed E-state index contributed by atoms with van der Waals surface area (Å²) in [5.41, 5.74) is 1.36. The van der Waals surface area contributed by atoms with Crippen molar-refractivity contribution >= 4 is 56.5 Å². The van der Waals surface area contributed by atoms with Crippen molar-refractivity contribution in [2.75, 3.05) is 19.0 Å². The Morgan fingerprint density at radius 3 is 2.42 bits per heavy atom. The second-order valence-electron chi connectivity index (χ2n) is 8.69. The molecule has 1 aliphatic rings. The maximum atomic E-state index is 13.1. The summed E-state index contributed by atoms with van der Waals surface area (Å²) in [6.07, 6.45) is -3.15. The van der Waals surface area contributed by atoms with Crippen molar-refractivity contribution < 1.29 is 37.0 Å². The van der Waals surface area contributed by atoms with Crippen LogP contribution in [0.25, 0.3) is 6.08 Å². The summed E-state index contributed by atoms with van der Waals surface area (Å²) >= 11 is 4.04. The van der Waals surface area contributed by atoms with Crippen molar-refractivity contribution in [1.82, 2.24) is 4.90 Å². The van der Waals surface area contributed by atoms with Crippen LogP contribution < -0.4 is 14.8 Å². The van der Waals surface area contributed by atoms with Crippen LogP contribution in [0.5, 0.6) is 11.5 Å². The zero-order valence-corrected chi connectivity index (χ0v) is 23.6. The summed E-state index contributed by atoms with van der Waals surface area (Å²) in [5.74, 6) is -1.12. The van der Waals surface area contributed by atoms with E-state index >= 15 is 0 Å². The summed E-state index contributed by atoms with van der Waals surface area (Å²) in [5, 5.41) is 1.60. The Hall–Kier alpha value is -3.77. The molecule has 0 aliphatic carbocycles. The number of alkyl halides is 3. The minimum Gasteiger partial charge on any atom is -0.495 e. The van der Waals surface area contributed by atoms with Gasteiger partial charge in [0.2, 0.25) is 5.91 Å². The van der Waals surface area contributed by atoms with Crippen LogP contribution in [0.4, 0.5) is 23.7 Å². The third-order valence-electron chi connectivity index (χ3n) is 5.75. The number of carbonyl (C=O) groups is 3. The van der Waals surface area contributed by atoms with Crippen molar-refractivity contribution in [3.8, 4) is 11.5 Å². The highest BCUT2D eigenvalue weighted by Crippen LogP contribution is 2.37. The van der Waals surface area contributed by atoms with E-state index in [4.69, 9.17) is 9.47 Å². The molecule has 40 heavy (non-hydrogen) atoms. The predicted molar refractivity (Wildman–Crippen MR) is 149 cm³/mol. The first-order valence-electron chi connectivity index (χ1n) is 11.7. The molecule has 1 N–H and O–H groups in total. The lowest BCUT2D eigenvalue weighted by Crippen LogP contribution is -2.36. The van der Waals surface area contributed by atoms with Crippen LogP contribution in [0, 0.1) is 6.92 Å². The number of anilines is 1. The number of hydrogen-bond acceptors (Lipinski definition) is 6.